The summed E-state index contributed by atoms with van der Waals surface area (Å²) in [6.07, 6.45) is 3.27. The van der Waals surface area contributed by atoms with Gasteiger partial charge in [0.1, 0.15) is 11.5 Å². The molecule has 0 aliphatic rings. The lowest BCUT2D eigenvalue weighted by Crippen LogP contribution is -2.00. The second-order valence-electron chi connectivity index (χ2n) is 3.64. The molecule has 17 heavy (non-hydrogen) atoms. The molecule has 2 aromatic rings. The van der Waals surface area contributed by atoms with Crippen molar-refractivity contribution >= 4 is 11.6 Å². The van der Waals surface area contributed by atoms with Crippen molar-refractivity contribution in [2.45, 2.75) is 12.8 Å². The molecule has 90 valence electrons. The maximum absolute atomic E-state index is 13.6. The number of nitrogens with zero attached hydrogens (tertiary/aromatic N) is 3. The molecule has 0 aliphatic heterocycles. The van der Waals surface area contributed by atoms with E-state index in [2.05, 4.69) is 10.3 Å². The maximum atomic E-state index is 13.6. The fraction of sp³-hybridized carbons (Fsp3) is 0.273. The van der Waals surface area contributed by atoms with Crippen molar-refractivity contribution in [1.82, 2.24) is 15.0 Å². The number of rotatable bonds is 4. The van der Waals surface area contributed by atoms with Crippen LogP contribution in [-0.4, -0.2) is 21.5 Å². The van der Waals surface area contributed by atoms with Crippen LogP contribution in [-0.2, 0) is 6.42 Å². The van der Waals surface area contributed by atoms with Crippen LogP contribution >= 0.6 is 11.6 Å². The summed E-state index contributed by atoms with van der Waals surface area (Å²) < 4.78 is 15.0. The molecule has 0 saturated heterocycles. The first-order chi connectivity index (χ1) is 8.20. The van der Waals surface area contributed by atoms with Crippen LogP contribution in [0.25, 0.3) is 5.69 Å². The first-order valence-corrected chi connectivity index (χ1v) is 5.65. The Balaban J connectivity index is 2.24. The molecule has 0 unspecified atom stereocenters. The van der Waals surface area contributed by atoms with Crippen molar-refractivity contribution in [2.24, 2.45) is 5.73 Å². The van der Waals surface area contributed by atoms with Gasteiger partial charge in [-0.1, -0.05) is 16.8 Å². The van der Waals surface area contributed by atoms with Crippen molar-refractivity contribution in [3.05, 3.63) is 40.9 Å². The number of nitrogens with two attached hydrogens (primary N) is 1. The van der Waals surface area contributed by atoms with E-state index in [-0.39, 0.29) is 0 Å². The Hall–Kier alpha value is -1.46. The van der Waals surface area contributed by atoms with E-state index in [1.165, 1.54) is 10.7 Å². The predicted octanol–water partition coefficient (Wildman–Crippen LogP) is 1.95. The normalized spacial score (nSPS) is 10.8. The third-order valence-electron chi connectivity index (χ3n) is 2.33. The smallest absolute Gasteiger partial charge is 0.150 e. The molecule has 0 bridgehead atoms. The van der Waals surface area contributed by atoms with Gasteiger partial charge >= 0.3 is 0 Å². The zero-order valence-electron chi connectivity index (χ0n) is 9.11. The highest BCUT2D eigenvalue weighted by molar-refractivity contribution is 6.30. The standard InChI is InChI=1S/C11H12ClFN4/c12-8-3-4-11(10(13)6-8)17-7-9(15-16-17)2-1-5-14/h3-4,6-7H,1-2,5,14H2. The zero-order valence-corrected chi connectivity index (χ0v) is 9.86. The summed E-state index contributed by atoms with van der Waals surface area (Å²) >= 11 is 5.68. The van der Waals surface area contributed by atoms with Crippen LogP contribution in [0.4, 0.5) is 4.39 Å². The minimum atomic E-state index is -0.423. The molecule has 0 spiro atoms. The molecule has 6 heteroatoms. The number of hydrogen-bond acceptors (Lipinski definition) is 3. The van der Waals surface area contributed by atoms with Crippen molar-refractivity contribution in [3.8, 4) is 5.69 Å². The lowest BCUT2D eigenvalue weighted by Gasteiger charge is -2.01. The van der Waals surface area contributed by atoms with Gasteiger partial charge in [-0.15, -0.1) is 5.10 Å². The van der Waals surface area contributed by atoms with Crippen LogP contribution in [0.1, 0.15) is 12.1 Å². The van der Waals surface area contributed by atoms with Crippen LogP contribution in [0.2, 0.25) is 5.02 Å². The van der Waals surface area contributed by atoms with Crippen LogP contribution in [0.3, 0.4) is 0 Å². The van der Waals surface area contributed by atoms with Crippen LogP contribution < -0.4 is 5.73 Å². The number of benzene rings is 1. The van der Waals surface area contributed by atoms with Crippen molar-refractivity contribution in [2.75, 3.05) is 6.54 Å². The molecule has 0 saturated carbocycles. The summed E-state index contributed by atoms with van der Waals surface area (Å²) in [6.45, 7) is 0.599. The Kier molecular flexibility index (Phi) is 3.71. The number of hydrogen-bond donors (Lipinski definition) is 1. The van der Waals surface area contributed by atoms with E-state index in [1.54, 1.807) is 18.3 Å². The lowest BCUT2D eigenvalue weighted by atomic mass is 10.2. The predicted molar refractivity (Wildman–Crippen MR) is 63.7 cm³/mol. The Morgan fingerprint density at radius 1 is 1.41 bits per heavy atom. The fourth-order valence-corrected chi connectivity index (χ4v) is 1.64. The van der Waals surface area contributed by atoms with E-state index in [1.807, 2.05) is 0 Å². The van der Waals surface area contributed by atoms with E-state index in [9.17, 15) is 4.39 Å². The average molecular weight is 255 g/mol. The SMILES string of the molecule is NCCCc1cn(-c2ccc(Cl)cc2F)nn1. The van der Waals surface area contributed by atoms with Crippen LogP contribution in [0.5, 0.6) is 0 Å². The van der Waals surface area contributed by atoms with E-state index >= 15 is 0 Å². The minimum absolute atomic E-state index is 0.334. The maximum Gasteiger partial charge on any atom is 0.150 e. The third-order valence-corrected chi connectivity index (χ3v) is 2.57. The molecule has 0 amide bonds. The quantitative estimate of drug-likeness (QED) is 0.907. The Labute approximate surface area is 103 Å². The molecule has 1 heterocycles. The van der Waals surface area contributed by atoms with Crippen molar-refractivity contribution in [3.63, 3.8) is 0 Å². The van der Waals surface area contributed by atoms with Crippen molar-refractivity contribution < 1.29 is 4.39 Å². The molecule has 0 atom stereocenters. The van der Waals surface area contributed by atoms with Gasteiger partial charge in [0, 0.05) is 5.02 Å². The molecule has 2 rings (SSSR count). The summed E-state index contributed by atoms with van der Waals surface area (Å²) in [7, 11) is 0. The first kappa shape index (κ1) is 12.0. The summed E-state index contributed by atoms with van der Waals surface area (Å²) in [6, 6.07) is 4.43. The van der Waals surface area contributed by atoms with Gasteiger partial charge in [-0.3, -0.25) is 0 Å². The molecule has 1 aromatic heterocycles. The highest BCUT2D eigenvalue weighted by Crippen LogP contribution is 2.17. The Bertz CT molecular complexity index is 512. The van der Waals surface area contributed by atoms with E-state index in [0.29, 0.717) is 17.3 Å². The van der Waals surface area contributed by atoms with Gasteiger partial charge in [-0.25, -0.2) is 9.07 Å². The highest BCUT2D eigenvalue weighted by atomic mass is 35.5. The van der Waals surface area contributed by atoms with Gasteiger partial charge in [0.15, 0.2) is 0 Å². The Morgan fingerprint density at radius 3 is 2.94 bits per heavy atom. The van der Waals surface area contributed by atoms with E-state index < -0.39 is 5.82 Å². The van der Waals surface area contributed by atoms with Crippen LogP contribution in [0.15, 0.2) is 24.4 Å². The van der Waals surface area contributed by atoms with Gasteiger partial charge in [-0.05, 0) is 37.6 Å². The van der Waals surface area contributed by atoms with Gasteiger partial charge in [-0.2, -0.15) is 0 Å². The third kappa shape index (κ3) is 2.81. The molecule has 0 fully saturated rings. The topological polar surface area (TPSA) is 56.7 Å². The van der Waals surface area contributed by atoms with Gasteiger partial charge in [0.25, 0.3) is 0 Å². The molecule has 4 nitrogen and oxygen atoms in total. The van der Waals surface area contributed by atoms with E-state index in [0.717, 1.165) is 18.5 Å². The lowest BCUT2D eigenvalue weighted by molar-refractivity contribution is 0.607. The van der Waals surface area contributed by atoms with Gasteiger partial charge in [0.05, 0.1) is 11.9 Å². The Morgan fingerprint density at radius 2 is 2.24 bits per heavy atom. The zero-order chi connectivity index (χ0) is 12.3. The fourth-order valence-electron chi connectivity index (χ4n) is 1.48. The summed E-state index contributed by atoms with van der Waals surface area (Å²) in [5, 5.41) is 8.18. The van der Waals surface area contributed by atoms with E-state index in [4.69, 9.17) is 17.3 Å². The highest BCUT2D eigenvalue weighted by Gasteiger charge is 2.07. The number of halogens is 2. The van der Waals surface area contributed by atoms with Gasteiger partial charge < -0.3 is 5.73 Å². The molecular formula is C11H12ClFN4. The van der Waals surface area contributed by atoms with Gasteiger partial charge in [0.2, 0.25) is 0 Å². The van der Waals surface area contributed by atoms with Crippen molar-refractivity contribution in [1.29, 1.82) is 0 Å². The second kappa shape index (κ2) is 5.25. The molecule has 0 aliphatic carbocycles. The number of aryl methyl sites for hydroxylation is 1. The summed E-state index contributed by atoms with van der Waals surface area (Å²) in [4.78, 5) is 0. The summed E-state index contributed by atoms with van der Waals surface area (Å²) in [5.74, 6) is -0.423. The number of aromatic nitrogens is 3. The molecule has 0 radical (unpaired) electrons. The molecule has 2 N–H and O–H groups in total. The second-order valence-corrected chi connectivity index (χ2v) is 4.08. The van der Waals surface area contributed by atoms with Crippen LogP contribution in [0, 0.1) is 5.82 Å². The molecular weight excluding hydrogens is 243 g/mol. The largest absolute Gasteiger partial charge is 0.330 e. The molecule has 1 aromatic carbocycles. The monoisotopic (exact) mass is 254 g/mol. The summed E-state index contributed by atoms with van der Waals surface area (Å²) in [5.41, 5.74) is 6.54. The average Bonchev–Trinajstić information content (AvgIpc) is 2.75. The first-order valence-electron chi connectivity index (χ1n) is 5.27. The minimum Gasteiger partial charge on any atom is -0.330 e.